The van der Waals surface area contributed by atoms with Crippen molar-refractivity contribution in [2.45, 2.75) is 32.9 Å². The molecule has 1 aromatic heterocycles. The summed E-state index contributed by atoms with van der Waals surface area (Å²) in [7, 11) is 0. The average molecular weight is 239 g/mol. The standard InChI is InChI=1S/C11H17N3O3/c1-8(11(16)17)9(2)13-10(15)4-7-14-6-3-5-12-14/h3,5-6,8-9H,4,7H2,1-2H3,(H,13,15)(H,16,17). The predicted octanol–water partition coefficient (Wildman–Crippen LogP) is 0.499. The van der Waals surface area contributed by atoms with Gasteiger partial charge in [0.15, 0.2) is 0 Å². The van der Waals surface area contributed by atoms with Gasteiger partial charge in [0.2, 0.25) is 5.91 Å². The highest BCUT2D eigenvalue weighted by Gasteiger charge is 2.20. The lowest BCUT2D eigenvalue weighted by atomic mass is 10.0. The second-order valence-electron chi connectivity index (χ2n) is 4.00. The second-order valence-corrected chi connectivity index (χ2v) is 4.00. The topological polar surface area (TPSA) is 84.2 Å². The number of carbonyl (C=O) groups is 2. The van der Waals surface area contributed by atoms with Gasteiger partial charge in [-0.3, -0.25) is 14.3 Å². The summed E-state index contributed by atoms with van der Waals surface area (Å²) < 4.78 is 1.66. The van der Waals surface area contributed by atoms with E-state index in [4.69, 9.17) is 5.11 Å². The number of aliphatic carboxylic acids is 1. The summed E-state index contributed by atoms with van der Waals surface area (Å²) in [6, 6.07) is 1.41. The normalized spacial score (nSPS) is 14.0. The van der Waals surface area contributed by atoms with E-state index in [2.05, 4.69) is 10.4 Å². The van der Waals surface area contributed by atoms with Crippen LogP contribution in [0.5, 0.6) is 0 Å². The summed E-state index contributed by atoms with van der Waals surface area (Å²) in [6.45, 7) is 3.75. The van der Waals surface area contributed by atoms with E-state index in [1.807, 2.05) is 0 Å². The van der Waals surface area contributed by atoms with Crippen LogP contribution >= 0.6 is 0 Å². The van der Waals surface area contributed by atoms with E-state index in [1.165, 1.54) is 0 Å². The van der Waals surface area contributed by atoms with Crippen LogP contribution in [-0.4, -0.2) is 32.8 Å². The molecule has 2 N–H and O–H groups in total. The number of hydrogen-bond donors (Lipinski definition) is 2. The Morgan fingerprint density at radius 2 is 2.18 bits per heavy atom. The van der Waals surface area contributed by atoms with Crippen molar-refractivity contribution >= 4 is 11.9 Å². The molecule has 0 bridgehead atoms. The Hall–Kier alpha value is -1.85. The molecule has 94 valence electrons. The van der Waals surface area contributed by atoms with Gasteiger partial charge in [-0.25, -0.2) is 0 Å². The number of carboxylic acids is 1. The third kappa shape index (κ3) is 4.26. The molecule has 2 unspecified atom stereocenters. The fourth-order valence-corrected chi connectivity index (χ4v) is 1.31. The molecule has 6 nitrogen and oxygen atoms in total. The van der Waals surface area contributed by atoms with Gasteiger partial charge >= 0.3 is 5.97 Å². The quantitative estimate of drug-likeness (QED) is 0.757. The zero-order valence-electron chi connectivity index (χ0n) is 9.96. The van der Waals surface area contributed by atoms with Crippen LogP contribution in [-0.2, 0) is 16.1 Å². The fraction of sp³-hybridized carbons (Fsp3) is 0.545. The molecule has 0 aliphatic rings. The highest BCUT2D eigenvalue weighted by atomic mass is 16.4. The monoisotopic (exact) mass is 239 g/mol. The summed E-state index contributed by atoms with van der Waals surface area (Å²) >= 11 is 0. The second kappa shape index (κ2) is 6.03. The molecule has 0 aliphatic carbocycles. The van der Waals surface area contributed by atoms with E-state index in [-0.39, 0.29) is 11.9 Å². The first-order valence-corrected chi connectivity index (χ1v) is 5.50. The Balaban J connectivity index is 2.32. The molecule has 0 radical (unpaired) electrons. The molecule has 17 heavy (non-hydrogen) atoms. The van der Waals surface area contributed by atoms with Crippen LogP contribution in [0.4, 0.5) is 0 Å². The summed E-state index contributed by atoms with van der Waals surface area (Å²) in [6.07, 6.45) is 3.71. The largest absolute Gasteiger partial charge is 0.481 e. The minimum absolute atomic E-state index is 0.166. The lowest BCUT2D eigenvalue weighted by Crippen LogP contribution is -2.40. The lowest BCUT2D eigenvalue weighted by Gasteiger charge is -2.17. The molecule has 0 aliphatic heterocycles. The number of nitrogens with one attached hydrogen (secondary N) is 1. The summed E-state index contributed by atoms with van der Waals surface area (Å²) in [5.41, 5.74) is 0. The number of aryl methyl sites for hydroxylation is 1. The minimum Gasteiger partial charge on any atom is -0.481 e. The molecule has 2 atom stereocenters. The molecule has 0 fully saturated rings. The van der Waals surface area contributed by atoms with Gasteiger partial charge in [0, 0.05) is 31.4 Å². The summed E-state index contributed by atoms with van der Waals surface area (Å²) in [4.78, 5) is 22.2. The first-order chi connectivity index (χ1) is 8.00. The SMILES string of the molecule is CC(NC(=O)CCn1cccn1)C(C)C(=O)O. The Morgan fingerprint density at radius 1 is 1.47 bits per heavy atom. The van der Waals surface area contributed by atoms with E-state index in [9.17, 15) is 9.59 Å². The third-order valence-electron chi connectivity index (χ3n) is 2.66. The van der Waals surface area contributed by atoms with Crippen LogP contribution in [0, 0.1) is 5.92 Å². The van der Waals surface area contributed by atoms with Crippen molar-refractivity contribution in [3.8, 4) is 0 Å². The van der Waals surface area contributed by atoms with E-state index >= 15 is 0 Å². The van der Waals surface area contributed by atoms with Crippen LogP contribution in [0.2, 0.25) is 0 Å². The van der Waals surface area contributed by atoms with Crippen molar-refractivity contribution in [2.24, 2.45) is 5.92 Å². The maximum absolute atomic E-state index is 11.5. The number of amides is 1. The van der Waals surface area contributed by atoms with Gasteiger partial charge in [-0.2, -0.15) is 5.10 Å². The van der Waals surface area contributed by atoms with E-state index in [0.29, 0.717) is 13.0 Å². The molecule has 1 amide bonds. The Kier molecular flexibility index (Phi) is 4.68. The number of aromatic nitrogens is 2. The maximum Gasteiger partial charge on any atom is 0.308 e. The number of carboxylic acid groups (broad SMARTS) is 1. The van der Waals surface area contributed by atoms with Gasteiger partial charge < -0.3 is 10.4 Å². The van der Waals surface area contributed by atoms with Crippen LogP contribution in [0.15, 0.2) is 18.5 Å². The number of rotatable bonds is 6. The van der Waals surface area contributed by atoms with E-state index in [1.54, 1.807) is 37.0 Å². The van der Waals surface area contributed by atoms with Crippen molar-refractivity contribution < 1.29 is 14.7 Å². The Labute approximate surface area is 99.6 Å². The Morgan fingerprint density at radius 3 is 2.71 bits per heavy atom. The molecule has 0 saturated carbocycles. The smallest absolute Gasteiger partial charge is 0.308 e. The molecule has 6 heteroatoms. The molecule has 1 heterocycles. The third-order valence-corrected chi connectivity index (χ3v) is 2.66. The van der Waals surface area contributed by atoms with Gasteiger partial charge in [0.05, 0.1) is 5.92 Å². The van der Waals surface area contributed by atoms with Crippen molar-refractivity contribution in [3.63, 3.8) is 0 Å². The summed E-state index contributed by atoms with van der Waals surface area (Å²) in [5, 5.41) is 15.4. The zero-order valence-corrected chi connectivity index (χ0v) is 9.96. The van der Waals surface area contributed by atoms with Gasteiger partial charge in [0.25, 0.3) is 0 Å². The first-order valence-electron chi connectivity index (χ1n) is 5.50. The highest BCUT2D eigenvalue weighted by molar-refractivity contribution is 5.77. The van der Waals surface area contributed by atoms with Crippen LogP contribution in [0.3, 0.4) is 0 Å². The molecule has 1 rings (SSSR count). The van der Waals surface area contributed by atoms with Crippen molar-refractivity contribution in [2.75, 3.05) is 0 Å². The maximum atomic E-state index is 11.5. The molecule has 0 aromatic carbocycles. The zero-order chi connectivity index (χ0) is 12.8. The molecular weight excluding hydrogens is 222 g/mol. The number of hydrogen-bond acceptors (Lipinski definition) is 3. The highest BCUT2D eigenvalue weighted by Crippen LogP contribution is 2.02. The van der Waals surface area contributed by atoms with Gasteiger partial charge in [0.1, 0.15) is 0 Å². The van der Waals surface area contributed by atoms with E-state index < -0.39 is 11.9 Å². The minimum atomic E-state index is -0.912. The molecule has 1 aromatic rings. The Bertz CT molecular complexity index is 375. The molecular formula is C11H17N3O3. The van der Waals surface area contributed by atoms with Crippen molar-refractivity contribution in [1.29, 1.82) is 0 Å². The van der Waals surface area contributed by atoms with Crippen molar-refractivity contribution in [1.82, 2.24) is 15.1 Å². The van der Waals surface area contributed by atoms with Crippen molar-refractivity contribution in [3.05, 3.63) is 18.5 Å². The van der Waals surface area contributed by atoms with Gasteiger partial charge in [-0.15, -0.1) is 0 Å². The molecule has 0 saturated heterocycles. The lowest BCUT2D eigenvalue weighted by molar-refractivity contribution is -0.142. The first kappa shape index (κ1) is 13.2. The van der Waals surface area contributed by atoms with E-state index in [0.717, 1.165) is 0 Å². The average Bonchev–Trinajstić information content (AvgIpc) is 2.77. The molecule has 0 spiro atoms. The fourth-order valence-electron chi connectivity index (χ4n) is 1.31. The predicted molar refractivity (Wildman–Crippen MR) is 61.2 cm³/mol. The number of carbonyl (C=O) groups excluding carboxylic acids is 1. The van der Waals surface area contributed by atoms with Gasteiger partial charge in [-0.1, -0.05) is 0 Å². The van der Waals surface area contributed by atoms with Crippen LogP contribution in [0.1, 0.15) is 20.3 Å². The number of nitrogens with zero attached hydrogens (tertiary/aromatic N) is 2. The van der Waals surface area contributed by atoms with Gasteiger partial charge in [-0.05, 0) is 19.9 Å². The van der Waals surface area contributed by atoms with Crippen LogP contribution < -0.4 is 5.32 Å². The van der Waals surface area contributed by atoms with Crippen LogP contribution in [0.25, 0.3) is 0 Å². The summed E-state index contributed by atoms with van der Waals surface area (Å²) in [5.74, 6) is -1.67.